The second-order valence-corrected chi connectivity index (χ2v) is 9.28. The Morgan fingerprint density at radius 1 is 0.947 bits per heavy atom. The van der Waals surface area contributed by atoms with Crippen LogP contribution < -0.4 is 14.8 Å². The van der Waals surface area contributed by atoms with Crippen molar-refractivity contribution in [1.29, 1.82) is 0 Å². The number of amides is 2. The number of unbranched alkanes of at least 4 members (excludes halogenated alkanes) is 3. The number of carbonyl (C=O) groups is 3. The van der Waals surface area contributed by atoms with E-state index >= 15 is 0 Å². The molecule has 0 unspecified atom stereocenters. The van der Waals surface area contributed by atoms with Crippen LogP contribution in [-0.4, -0.2) is 55.6 Å². The average molecular weight is 525 g/mol. The number of rotatable bonds is 17. The minimum atomic E-state index is -0.890. The molecule has 0 bridgehead atoms. The largest absolute Gasteiger partial charge is 0.497 e. The van der Waals surface area contributed by atoms with Crippen LogP contribution >= 0.6 is 0 Å². The Kier molecular flexibility index (Phi) is 13.5. The number of carboxylic acid groups (broad SMARTS) is 1. The van der Waals surface area contributed by atoms with Crippen LogP contribution in [0.2, 0.25) is 0 Å². The Morgan fingerprint density at radius 3 is 2.39 bits per heavy atom. The third-order valence-corrected chi connectivity index (χ3v) is 5.94. The Bertz CT molecular complexity index is 1060. The van der Waals surface area contributed by atoms with Gasteiger partial charge in [-0.25, -0.2) is 0 Å². The maximum absolute atomic E-state index is 12.3. The first kappa shape index (κ1) is 30.4. The third kappa shape index (κ3) is 12.0. The highest BCUT2D eigenvalue weighted by Gasteiger charge is 2.11. The predicted molar refractivity (Wildman–Crippen MR) is 150 cm³/mol. The van der Waals surface area contributed by atoms with Gasteiger partial charge in [0.1, 0.15) is 11.5 Å². The molecule has 2 rings (SSSR count). The Labute approximate surface area is 225 Å². The van der Waals surface area contributed by atoms with Gasteiger partial charge in [0.25, 0.3) is 0 Å². The number of benzene rings is 2. The van der Waals surface area contributed by atoms with Crippen molar-refractivity contribution in [1.82, 2.24) is 4.90 Å². The number of nitrogens with zero attached hydrogens (tertiary/aromatic N) is 1. The summed E-state index contributed by atoms with van der Waals surface area (Å²) in [5.41, 5.74) is 2.47. The number of carboxylic acids is 1. The highest BCUT2D eigenvalue weighted by molar-refractivity contribution is 5.91. The first-order valence-corrected chi connectivity index (χ1v) is 13.1. The number of aryl methyl sites for hydroxylation is 1. The summed E-state index contributed by atoms with van der Waals surface area (Å²) < 4.78 is 11.1. The second-order valence-electron chi connectivity index (χ2n) is 9.28. The summed E-state index contributed by atoms with van der Waals surface area (Å²) in [5, 5.41) is 12.0. The molecule has 0 aliphatic carbocycles. The van der Waals surface area contributed by atoms with Crippen molar-refractivity contribution in [3.63, 3.8) is 0 Å². The number of hydrogen-bond donors (Lipinski definition) is 2. The molecule has 0 saturated carbocycles. The van der Waals surface area contributed by atoms with Crippen molar-refractivity contribution in [2.75, 3.05) is 33.1 Å². The van der Waals surface area contributed by atoms with Gasteiger partial charge in [-0.15, -0.1) is 0 Å². The fraction of sp³-hybridized carbons (Fsp3) is 0.433. The molecule has 0 heterocycles. The molecule has 2 aromatic carbocycles. The molecule has 206 valence electrons. The zero-order chi connectivity index (χ0) is 27.8. The van der Waals surface area contributed by atoms with Crippen LogP contribution in [-0.2, 0) is 20.8 Å². The van der Waals surface area contributed by atoms with E-state index in [9.17, 15) is 14.4 Å². The molecule has 2 amide bonds. The molecule has 8 heteroatoms. The van der Waals surface area contributed by atoms with Crippen molar-refractivity contribution in [2.24, 2.45) is 0 Å². The van der Waals surface area contributed by atoms with Crippen molar-refractivity contribution in [3.8, 4) is 11.5 Å². The molecule has 2 N–H and O–H groups in total. The van der Waals surface area contributed by atoms with Crippen molar-refractivity contribution < 1.29 is 29.0 Å². The molecule has 0 spiro atoms. The van der Waals surface area contributed by atoms with Gasteiger partial charge < -0.3 is 24.8 Å². The number of anilines is 1. The van der Waals surface area contributed by atoms with E-state index in [1.54, 1.807) is 39.4 Å². The lowest BCUT2D eigenvalue weighted by atomic mass is 10.1. The van der Waals surface area contributed by atoms with Gasteiger partial charge in [-0.1, -0.05) is 24.3 Å². The number of allylic oxidation sites excluding steroid dienone is 1. The van der Waals surface area contributed by atoms with Crippen LogP contribution in [0.5, 0.6) is 11.5 Å². The molecular formula is C30H40N2O6. The molecule has 0 aliphatic rings. The van der Waals surface area contributed by atoms with Crippen LogP contribution in [0.25, 0.3) is 6.08 Å². The summed E-state index contributed by atoms with van der Waals surface area (Å²) in [4.78, 5) is 36.6. The molecule has 0 aliphatic heterocycles. The topological polar surface area (TPSA) is 105 Å². The van der Waals surface area contributed by atoms with Crippen LogP contribution in [0.4, 0.5) is 5.69 Å². The third-order valence-electron chi connectivity index (χ3n) is 5.94. The number of aliphatic carboxylic acids is 1. The van der Waals surface area contributed by atoms with Gasteiger partial charge in [0.15, 0.2) is 0 Å². The van der Waals surface area contributed by atoms with Crippen LogP contribution in [0.3, 0.4) is 0 Å². The van der Waals surface area contributed by atoms with Gasteiger partial charge in [-0.05, 0) is 80.0 Å². The second kappa shape index (κ2) is 16.8. The lowest BCUT2D eigenvalue weighted by molar-refractivity contribution is -0.137. The first-order valence-electron chi connectivity index (χ1n) is 13.1. The molecule has 8 nitrogen and oxygen atoms in total. The molecular weight excluding hydrogens is 484 g/mol. The number of methoxy groups -OCH3 is 1. The molecule has 0 atom stereocenters. The highest BCUT2D eigenvalue weighted by atomic mass is 16.5. The fourth-order valence-electron chi connectivity index (χ4n) is 3.74. The van der Waals surface area contributed by atoms with Gasteiger partial charge in [0.2, 0.25) is 11.8 Å². The van der Waals surface area contributed by atoms with Crippen LogP contribution in [0.1, 0.15) is 62.5 Å². The maximum atomic E-state index is 12.3. The SMILES string of the molecule is COc1ccc(/C=C/CCCCCOc2ccc(NC(=O)CCCC(=O)N(C)C)cc2CCC(=O)O)cc1. The van der Waals surface area contributed by atoms with Gasteiger partial charge in [-0.2, -0.15) is 0 Å². The summed E-state index contributed by atoms with van der Waals surface area (Å²) in [7, 11) is 5.03. The van der Waals surface area contributed by atoms with E-state index in [1.165, 1.54) is 4.90 Å². The molecule has 2 aromatic rings. The van der Waals surface area contributed by atoms with Gasteiger partial charge in [0.05, 0.1) is 13.7 Å². The van der Waals surface area contributed by atoms with Gasteiger partial charge >= 0.3 is 5.97 Å². The van der Waals surface area contributed by atoms with Crippen molar-refractivity contribution in [3.05, 3.63) is 59.7 Å². The number of ether oxygens (including phenoxy) is 2. The molecule has 0 fully saturated rings. The summed E-state index contributed by atoms with van der Waals surface area (Å²) in [6.07, 6.45) is 9.50. The molecule has 0 saturated heterocycles. The standard InChI is InChI=1S/C30H40N2O6/c1-32(2)29(34)12-9-11-28(33)31-25-16-19-27(24(22-25)15-20-30(35)36)38-21-8-6-4-5-7-10-23-13-17-26(37-3)18-14-23/h7,10,13-14,16-19,22H,4-6,8-9,11-12,15,20-21H2,1-3H3,(H,31,33)(H,35,36)/b10-7+. The molecule has 38 heavy (non-hydrogen) atoms. The highest BCUT2D eigenvalue weighted by Crippen LogP contribution is 2.25. The number of nitrogens with one attached hydrogen (secondary N) is 1. The minimum absolute atomic E-state index is 0.0136. The van der Waals surface area contributed by atoms with Crippen molar-refractivity contribution in [2.45, 2.75) is 57.8 Å². The zero-order valence-corrected chi connectivity index (χ0v) is 22.7. The molecule has 0 aromatic heterocycles. The maximum Gasteiger partial charge on any atom is 0.303 e. The average Bonchev–Trinajstić information content (AvgIpc) is 2.89. The predicted octanol–water partition coefficient (Wildman–Crippen LogP) is 5.56. The first-order chi connectivity index (χ1) is 18.3. The quantitative estimate of drug-likeness (QED) is 0.263. The van der Waals surface area contributed by atoms with E-state index in [0.29, 0.717) is 37.3 Å². The Morgan fingerprint density at radius 2 is 1.71 bits per heavy atom. The molecule has 0 radical (unpaired) electrons. The van der Waals surface area contributed by atoms with E-state index < -0.39 is 5.97 Å². The van der Waals surface area contributed by atoms with E-state index in [2.05, 4.69) is 17.5 Å². The van der Waals surface area contributed by atoms with E-state index in [0.717, 1.165) is 42.6 Å². The Hall–Kier alpha value is -3.81. The van der Waals surface area contributed by atoms with Gasteiger partial charge in [0, 0.05) is 39.0 Å². The Balaban J connectivity index is 1.78. The minimum Gasteiger partial charge on any atom is -0.497 e. The van der Waals surface area contributed by atoms with Crippen molar-refractivity contribution >= 4 is 29.5 Å². The van der Waals surface area contributed by atoms with E-state index in [1.807, 2.05) is 24.3 Å². The normalized spacial score (nSPS) is 10.8. The van der Waals surface area contributed by atoms with E-state index in [4.69, 9.17) is 14.6 Å². The van der Waals surface area contributed by atoms with Crippen LogP contribution in [0, 0.1) is 0 Å². The van der Waals surface area contributed by atoms with Gasteiger partial charge in [-0.3, -0.25) is 14.4 Å². The zero-order valence-electron chi connectivity index (χ0n) is 22.7. The summed E-state index contributed by atoms with van der Waals surface area (Å²) >= 11 is 0. The summed E-state index contributed by atoms with van der Waals surface area (Å²) in [6.45, 7) is 0.536. The van der Waals surface area contributed by atoms with E-state index in [-0.39, 0.29) is 24.7 Å². The lowest BCUT2D eigenvalue weighted by Gasteiger charge is -2.14. The number of carbonyl (C=O) groups excluding carboxylic acids is 2. The number of hydrogen-bond acceptors (Lipinski definition) is 5. The monoisotopic (exact) mass is 524 g/mol. The summed E-state index contributed by atoms with van der Waals surface area (Å²) in [5.74, 6) is 0.396. The summed E-state index contributed by atoms with van der Waals surface area (Å²) in [6, 6.07) is 13.2. The lowest BCUT2D eigenvalue weighted by Crippen LogP contribution is -2.21. The van der Waals surface area contributed by atoms with Crippen LogP contribution in [0.15, 0.2) is 48.5 Å². The smallest absolute Gasteiger partial charge is 0.303 e. The fourth-order valence-corrected chi connectivity index (χ4v) is 3.74.